The molecule has 0 heterocycles. The minimum absolute atomic E-state index is 0.170. The highest BCUT2D eigenvalue weighted by Crippen LogP contribution is 2.20. The Balaban J connectivity index is 2.16. The highest BCUT2D eigenvalue weighted by atomic mass is 32.2. The molecule has 2 rings (SSSR count). The number of nitrogens with zero attached hydrogens (tertiary/aromatic N) is 1. The molecule has 1 amide bonds. The van der Waals surface area contributed by atoms with Crippen LogP contribution in [0.2, 0.25) is 0 Å². The lowest BCUT2D eigenvalue weighted by atomic mass is 10.1. The summed E-state index contributed by atoms with van der Waals surface area (Å²) in [4.78, 5) is 12.2. The molecule has 0 fully saturated rings. The van der Waals surface area contributed by atoms with Crippen LogP contribution in [0.25, 0.3) is 0 Å². The predicted molar refractivity (Wildman–Crippen MR) is 91.5 cm³/mol. The summed E-state index contributed by atoms with van der Waals surface area (Å²) in [7, 11) is -3.91. The van der Waals surface area contributed by atoms with Crippen LogP contribution in [0.15, 0.2) is 42.5 Å². The maximum absolute atomic E-state index is 13.4. The van der Waals surface area contributed by atoms with Gasteiger partial charge >= 0.3 is 0 Å². The number of hydrogen-bond donors (Lipinski definition) is 1. The monoisotopic (exact) mass is 386 g/mol. The maximum Gasteiger partial charge on any atom is 0.241 e. The number of sulfonamides is 1. The lowest BCUT2D eigenvalue weighted by Gasteiger charge is -2.23. The van der Waals surface area contributed by atoms with E-state index in [1.54, 1.807) is 6.92 Å². The van der Waals surface area contributed by atoms with Crippen molar-refractivity contribution in [3.63, 3.8) is 0 Å². The van der Waals surface area contributed by atoms with Gasteiger partial charge in [0.2, 0.25) is 15.9 Å². The van der Waals surface area contributed by atoms with Crippen molar-refractivity contribution >= 4 is 21.6 Å². The number of hydrogen-bond acceptors (Lipinski definition) is 3. The molecule has 0 saturated carbocycles. The topological polar surface area (TPSA) is 66.5 Å². The molecule has 1 atom stereocenters. The van der Waals surface area contributed by atoms with Crippen molar-refractivity contribution in [1.82, 2.24) is 5.32 Å². The molecule has 140 valence electrons. The van der Waals surface area contributed by atoms with E-state index in [1.165, 1.54) is 24.3 Å². The smallest absolute Gasteiger partial charge is 0.241 e. The van der Waals surface area contributed by atoms with Crippen molar-refractivity contribution < 1.29 is 26.4 Å². The Morgan fingerprint density at radius 3 is 2.23 bits per heavy atom. The normalized spacial score (nSPS) is 12.5. The van der Waals surface area contributed by atoms with Crippen molar-refractivity contribution in [2.45, 2.75) is 13.0 Å². The first-order chi connectivity index (χ1) is 12.1. The van der Waals surface area contributed by atoms with Gasteiger partial charge in [0.15, 0.2) is 11.6 Å². The van der Waals surface area contributed by atoms with Gasteiger partial charge in [0, 0.05) is 6.07 Å². The average Bonchev–Trinajstić information content (AvgIpc) is 2.55. The molecule has 0 aliphatic heterocycles. The van der Waals surface area contributed by atoms with Gasteiger partial charge in [-0.3, -0.25) is 9.10 Å². The van der Waals surface area contributed by atoms with Crippen LogP contribution in [0, 0.1) is 17.5 Å². The average molecular weight is 386 g/mol. The molecule has 0 radical (unpaired) electrons. The van der Waals surface area contributed by atoms with Gasteiger partial charge in [-0.15, -0.1) is 0 Å². The van der Waals surface area contributed by atoms with Crippen molar-refractivity contribution in [2.24, 2.45) is 0 Å². The van der Waals surface area contributed by atoms with Crippen molar-refractivity contribution in [3.8, 4) is 0 Å². The Morgan fingerprint density at radius 2 is 1.69 bits per heavy atom. The zero-order valence-electron chi connectivity index (χ0n) is 14.0. The summed E-state index contributed by atoms with van der Waals surface area (Å²) in [6.45, 7) is 1.03. The van der Waals surface area contributed by atoms with E-state index in [-0.39, 0.29) is 5.69 Å². The molecule has 1 N–H and O–H groups in total. The van der Waals surface area contributed by atoms with Crippen LogP contribution in [0.5, 0.6) is 0 Å². The van der Waals surface area contributed by atoms with Crippen molar-refractivity contribution in [2.75, 3.05) is 17.1 Å². The molecule has 5 nitrogen and oxygen atoms in total. The lowest BCUT2D eigenvalue weighted by molar-refractivity contribution is -0.120. The molecule has 0 saturated heterocycles. The molecule has 9 heteroatoms. The highest BCUT2D eigenvalue weighted by molar-refractivity contribution is 7.92. The fraction of sp³-hybridized carbons (Fsp3) is 0.235. The Labute approximate surface area is 149 Å². The number of carbonyl (C=O) groups is 1. The van der Waals surface area contributed by atoms with Crippen molar-refractivity contribution in [1.29, 1.82) is 0 Å². The zero-order valence-corrected chi connectivity index (χ0v) is 14.9. The Morgan fingerprint density at radius 1 is 1.08 bits per heavy atom. The van der Waals surface area contributed by atoms with Gasteiger partial charge in [-0.05, 0) is 36.8 Å². The maximum atomic E-state index is 13.4. The van der Waals surface area contributed by atoms with E-state index in [2.05, 4.69) is 5.32 Å². The molecule has 2 aromatic rings. The SMILES string of the molecule is CC(NC(=O)CN(c1ccc(F)c(F)c1)S(C)(=O)=O)c1ccc(F)cc1. The molecular weight excluding hydrogens is 369 g/mol. The molecule has 0 aliphatic rings. The minimum atomic E-state index is -3.91. The molecular formula is C17H17F3N2O3S. The highest BCUT2D eigenvalue weighted by Gasteiger charge is 2.23. The molecule has 0 spiro atoms. The molecule has 26 heavy (non-hydrogen) atoms. The van der Waals surface area contributed by atoms with Crippen molar-refractivity contribution in [3.05, 3.63) is 65.5 Å². The largest absolute Gasteiger partial charge is 0.348 e. The second kappa shape index (κ2) is 7.77. The third-order valence-electron chi connectivity index (χ3n) is 3.63. The Hall–Kier alpha value is -2.55. The van der Waals surface area contributed by atoms with E-state index in [0.29, 0.717) is 15.9 Å². The second-order valence-electron chi connectivity index (χ2n) is 5.71. The van der Waals surface area contributed by atoms with Crippen LogP contribution >= 0.6 is 0 Å². The summed E-state index contributed by atoms with van der Waals surface area (Å²) in [6, 6.07) is 7.50. The van der Waals surface area contributed by atoms with Crippen LogP contribution in [-0.2, 0) is 14.8 Å². The first kappa shape index (κ1) is 19.8. The molecule has 0 aromatic heterocycles. The number of amides is 1. The molecule has 1 unspecified atom stereocenters. The predicted octanol–water partition coefficient (Wildman–Crippen LogP) is 2.75. The fourth-order valence-corrected chi connectivity index (χ4v) is 3.14. The number of benzene rings is 2. The Kier molecular flexibility index (Phi) is 5.91. The summed E-state index contributed by atoms with van der Waals surface area (Å²) in [6.07, 6.45) is 0.852. The molecule has 0 aliphatic carbocycles. The summed E-state index contributed by atoms with van der Waals surface area (Å²) in [5, 5.41) is 2.58. The summed E-state index contributed by atoms with van der Waals surface area (Å²) in [5.41, 5.74) is 0.453. The van der Waals surface area contributed by atoms with Gasteiger partial charge in [-0.25, -0.2) is 21.6 Å². The van der Waals surface area contributed by atoms with Gasteiger partial charge in [-0.1, -0.05) is 12.1 Å². The van der Waals surface area contributed by atoms with Gasteiger partial charge < -0.3 is 5.32 Å². The zero-order chi connectivity index (χ0) is 19.5. The van der Waals surface area contributed by atoms with Crippen LogP contribution in [-0.4, -0.2) is 27.1 Å². The van der Waals surface area contributed by atoms with E-state index in [9.17, 15) is 26.4 Å². The number of anilines is 1. The van der Waals surface area contributed by atoms with Gasteiger partial charge in [0.1, 0.15) is 12.4 Å². The standard InChI is InChI=1S/C17H17F3N2O3S/c1-11(12-3-5-13(18)6-4-12)21-17(23)10-22(26(2,24)25)14-7-8-15(19)16(20)9-14/h3-9,11H,10H2,1-2H3,(H,21,23). The second-order valence-corrected chi connectivity index (χ2v) is 7.62. The van der Waals surface area contributed by atoms with E-state index < -0.39 is 46.0 Å². The number of halogens is 3. The lowest BCUT2D eigenvalue weighted by Crippen LogP contribution is -2.41. The summed E-state index contributed by atoms with van der Waals surface area (Å²) >= 11 is 0. The first-order valence-electron chi connectivity index (χ1n) is 7.55. The number of nitrogens with one attached hydrogen (secondary N) is 1. The fourth-order valence-electron chi connectivity index (χ4n) is 2.29. The Bertz CT molecular complexity index is 902. The van der Waals surface area contributed by atoms with E-state index in [1.807, 2.05) is 0 Å². The summed E-state index contributed by atoms with van der Waals surface area (Å²) < 4.78 is 64.0. The molecule has 0 bridgehead atoms. The van der Waals surface area contributed by atoms with Gasteiger partial charge in [0.25, 0.3) is 0 Å². The first-order valence-corrected chi connectivity index (χ1v) is 9.40. The minimum Gasteiger partial charge on any atom is -0.348 e. The van der Waals surface area contributed by atoms with E-state index in [4.69, 9.17) is 0 Å². The van der Waals surface area contributed by atoms with Gasteiger partial charge in [0.05, 0.1) is 18.0 Å². The number of rotatable bonds is 6. The van der Waals surface area contributed by atoms with E-state index in [0.717, 1.165) is 18.4 Å². The van der Waals surface area contributed by atoms with Crippen LogP contribution in [0.1, 0.15) is 18.5 Å². The third kappa shape index (κ3) is 4.98. The quantitative estimate of drug-likeness (QED) is 0.830. The third-order valence-corrected chi connectivity index (χ3v) is 4.77. The van der Waals surface area contributed by atoms with Crippen LogP contribution in [0.3, 0.4) is 0 Å². The van der Waals surface area contributed by atoms with Gasteiger partial charge in [-0.2, -0.15) is 0 Å². The molecule has 2 aromatic carbocycles. The van der Waals surface area contributed by atoms with Crippen LogP contribution in [0.4, 0.5) is 18.9 Å². The van der Waals surface area contributed by atoms with Crippen LogP contribution < -0.4 is 9.62 Å². The van der Waals surface area contributed by atoms with E-state index >= 15 is 0 Å². The number of carbonyl (C=O) groups excluding carboxylic acids is 1. The summed E-state index contributed by atoms with van der Waals surface area (Å²) in [5.74, 6) is -3.43.